The van der Waals surface area contributed by atoms with Gasteiger partial charge in [-0.05, 0) is 48.6 Å². The first-order valence-electron chi connectivity index (χ1n) is 8.57. The quantitative estimate of drug-likeness (QED) is 0.324. The van der Waals surface area contributed by atoms with Gasteiger partial charge in [0.1, 0.15) is 7.11 Å². The van der Waals surface area contributed by atoms with Crippen LogP contribution >= 0.6 is 28.1 Å². The van der Waals surface area contributed by atoms with E-state index in [4.69, 9.17) is 17.1 Å². The topological polar surface area (TPSA) is 38.2 Å². The highest BCUT2D eigenvalue weighted by molar-refractivity contribution is 9.10. The molecule has 0 spiro atoms. The number of benzene rings is 2. The van der Waals surface area contributed by atoms with Gasteiger partial charge in [-0.25, -0.2) is 0 Å². The van der Waals surface area contributed by atoms with E-state index >= 15 is 0 Å². The van der Waals surface area contributed by atoms with Crippen LogP contribution in [0.5, 0.6) is 0 Å². The monoisotopic (exact) mass is 525 g/mol. The summed E-state index contributed by atoms with van der Waals surface area (Å²) in [4.78, 5) is 5.25. The summed E-state index contributed by atoms with van der Waals surface area (Å²) in [6.45, 7) is 0.153. The van der Waals surface area contributed by atoms with Crippen molar-refractivity contribution in [2.24, 2.45) is 0 Å². The van der Waals surface area contributed by atoms with Crippen molar-refractivity contribution in [1.82, 2.24) is 10.0 Å². The summed E-state index contributed by atoms with van der Waals surface area (Å²) in [5, 5.41) is 5.86. The Morgan fingerprint density at radius 2 is 1.65 bits per heavy atom. The minimum Gasteiger partial charge on any atom is -0.417 e. The molecule has 3 rings (SSSR count). The number of thiocarbonyl (C=S) groups is 1. The molecule has 4 nitrogen and oxygen atoms in total. The molecule has 0 saturated heterocycles. The Hall–Kier alpha value is -2.47. The van der Waals surface area contributed by atoms with E-state index in [1.807, 2.05) is 18.2 Å². The molecule has 1 aromatic heterocycles. The Morgan fingerprint density at radius 3 is 2.19 bits per heavy atom. The molecular weight excluding hydrogens is 512 g/mol. The van der Waals surface area contributed by atoms with Gasteiger partial charge in [0, 0.05) is 33.9 Å². The standard InChI is InChI=1S/C19H14BrF6N3OS/c1-30-29-9-10(15-7-13(20)2-3-16(15)29)8-27-17(31)28-14-5-11(18(21,22)23)4-12(6-14)19(24,25)26/h2-7,9H,8H2,1H3,(H2,27,28,31). The zero-order chi connectivity index (χ0) is 23.0. The van der Waals surface area contributed by atoms with Gasteiger partial charge in [-0.15, -0.1) is 0 Å². The summed E-state index contributed by atoms with van der Waals surface area (Å²) in [5.74, 6) is 0. The first-order chi connectivity index (χ1) is 14.4. The first-order valence-corrected chi connectivity index (χ1v) is 9.77. The maximum absolute atomic E-state index is 13.0. The lowest BCUT2D eigenvalue weighted by atomic mass is 10.1. The lowest BCUT2D eigenvalue weighted by Crippen LogP contribution is -2.28. The van der Waals surface area contributed by atoms with Crippen molar-refractivity contribution in [1.29, 1.82) is 0 Å². The number of aromatic nitrogens is 1. The van der Waals surface area contributed by atoms with Crippen LogP contribution in [0.15, 0.2) is 47.1 Å². The van der Waals surface area contributed by atoms with Gasteiger partial charge in [0.2, 0.25) is 0 Å². The van der Waals surface area contributed by atoms with E-state index in [9.17, 15) is 26.3 Å². The van der Waals surface area contributed by atoms with Gasteiger partial charge in [-0.3, -0.25) is 0 Å². The van der Waals surface area contributed by atoms with Crippen LogP contribution in [0.2, 0.25) is 0 Å². The van der Waals surface area contributed by atoms with Gasteiger partial charge < -0.3 is 15.5 Å². The van der Waals surface area contributed by atoms with E-state index in [1.165, 1.54) is 11.8 Å². The van der Waals surface area contributed by atoms with Crippen molar-refractivity contribution in [3.63, 3.8) is 0 Å². The van der Waals surface area contributed by atoms with E-state index < -0.39 is 29.2 Å². The number of anilines is 1. The highest BCUT2D eigenvalue weighted by Crippen LogP contribution is 2.37. The number of halogens is 7. The van der Waals surface area contributed by atoms with E-state index in [2.05, 4.69) is 26.6 Å². The number of nitrogens with zero attached hydrogens (tertiary/aromatic N) is 1. The summed E-state index contributed by atoms with van der Waals surface area (Å²) < 4.78 is 80.3. The molecule has 0 bridgehead atoms. The number of hydrogen-bond acceptors (Lipinski definition) is 2. The molecule has 0 saturated carbocycles. The summed E-state index contributed by atoms with van der Waals surface area (Å²) in [6.07, 6.45) is -8.19. The third-order valence-corrected chi connectivity index (χ3v) is 5.04. The fourth-order valence-electron chi connectivity index (χ4n) is 2.91. The van der Waals surface area contributed by atoms with Crippen LogP contribution in [0.1, 0.15) is 16.7 Å². The molecule has 166 valence electrons. The van der Waals surface area contributed by atoms with Gasteiger partial charge in [0.05, 0.1) is 16.6 Å². The van der Waals surface area contributed by atoms with Gasteiger partial charge in [0.25, 0.3) is 0 Å². The van der Waals surface area contributed by atoms with Crippen molar-refractivity contribution in [2.45, 2.75) is 18.9 Å². The largest absolute Gasteiger partial charge is 0.417 e. The molecule has 0 aliphatic heterocycles. The SMILES string of the molecule is COn1cc(CNC(=S)Nc2cc(C(F)(F)F)cc(C(F)(F)F)c2)c2cc(Br)ccc21. The molecule has 0 fully saturated rings. The predicted octanol–water partition coefficient (Wildman–Crippen LogP) is 5.99. The number of fused-ring (bicyclic) bond motifs is 1. The molecule has 0 aliphatic rings. The fourth-order valence-corrected chi connectivity index (χ4v) is 3.46. The Kier molecular flexibility index (Phi) is 6.42. The van der Waals surface area contributed by atoms with Crippen LogP contribution < -0.4 is 15.5 Å². The molecule has 1 heterocycles. The number of alkyl halides is 6. The van der Waals surface area contributed by atoms with Gasteiger partial charge in [-0.1, -0.05) is 15.9 Å². The number of nitrogens with one attached hydrogen (secondary N) is 2. The molecule has 0 unspecified atom stereocenters. The molecule has 12 heteroatoms. The zero-order valence-corrected chi connectivity index (χ0v) is 18.1. The summed E-state index contributed by atoms with van der Waals surface area (Å²) in [7, 11) is 1.48. The Morgan fingerprint density at radius 1 is 1.03 bits per heavy atom. The van der Waals surface area contributed by atoms with Crippen molar-refractivity contribution in [2.75, 3.05) is 12.4 Å². The van der Waals surface area contributed by atoms with Crippen LogP contribution in [0, 0.1) is 0 Å². The normalized spacial score (nSPS) is 12.1. The zero-order valence-electron chi connectivity index (χ0n) is 15.7. The fraction of sp³-hybridized carbons (Fsp3) is 0.211. The lowest BCUT2D eigenvalue weighted by Gasteiger charge is -2.16. The van der Waals surface area contributed by atoms with Gasteiger partial charge in [0.15, 0.2) is 5.11 Å². The smallest absolute Gasteiger partial charge is 0.416 e. The second-order valence-electron chi connectivity index (χ2n) is 6.43. The average molecular weight is 526 g/mol. The van der Waals surface area contributed by atoms with Crippen LogP contribution in [0.3, 0.4) is 0 Å². The van der Waals surface area contributed by atoms with E-state index in [-0.39, 0.29) is 17.7 Å². The first kappa shape index (κ1) is 23.2. The molecule has 0 aliphatic carbocycles. The lowest BCUT2D eigenvalue weighted by molar-refractivity contribution is -0.143. The highest BCUT2D eigenvalue weighted by Gasteiger charge is 2.37. The number of rotatable bonds is 4. The molecule has 31 heavy (non-hydrogen) atoms. The van der Waals surface area contributed by atoms with Crippen molar-refractivity contribution >= 4 is 49.9 Å². The van der Waals surface area contributed by atoms with Gasteiger partial charge >= 0.3 is 12.4 Å². The van der Waals surface area contributed by atoms with Crippen LogP contribution in [0.25, 0.3) is 10.9 Å². The third kappa shape index (κ3) is 5.42. The Labute approximate surface area is 186 Å². The van der Waals surface area contributed by atoms with Crippen LogP contribution in [-0.2, 0) is 18.9 Å². The minimum absolute atomic E-state index is 0.0547. The molecule has 2 aromatic carbocycles. The van der Waals surface area contributed by atoms with E-state index in [0.29, 0.717) is 12.1 Å². The van der Waals surface area contributed by atoms with Crippen molar-refractivity contribution < 1.29 is 31.2 Å². The van der Waals surface area contributed by atoms with Crippen LogP contribution in [0.4, 0.5) is 32.0 Å². The van der Waals surface area contributed by atoms with E-state index in [0.717, 1.165) is 20.9 Å². The van der Waals surface area contributed by atoms with Crippen LogP contribution in [-0.4, -0.2) is 17.0 Å². The molecule has 0 amide bonds. The summed E-state index contributed by atoms with van der Waals surface area (Å²) >= 11 is 8.44. The Bertz CT molecular complexity index is 1090. The minimum atomic E-state index is -4.94. The highest BCUT2D eigenvalue weighted by atomic mass is 79.9. The summed E-state index contributed by atoms with van der Waals surface area (Å²) in [5.41, 5.74) is -1.76. The van der Waals surface area contributed by atoms with Gasteiger partial charge in [-0.2, -0.15) is 31.1 Å². The van der Waals surface area contributed by atoms with E-state index in [1.54, 1.807) is 6.20 Å². The number of hydrogen-bond donors (Lipinski definition) is 2. The predicted molar refractivity (Wildman–Crippen MR) is 112 cm³/mol. The second kappa shape index (κ2) is 8.58. The molecule has 0 radical (unpaired) electrons. The Balaban J connectivity index is 1.80. The van der Waals surface area contributed by atoms with Crippen molar-refractivity contribution in [3.05, 3.63) is 63.8 Å². The molecule has 2 N–H and O–H groups in total. The molecular formula is C19H14BrF6N3OS. The molecule has 0 atom stereocenters. The molecule has 3 aromatic rings. The third-order valence-electron chi connectivity index (χ3n) is 4.30. The maximum atomic E-state index is 13.0. The maximum Gasteiger partial charge on any atom is 0.416 e. The van der Waals surface area contributed by atoms with Crippen molar-refractivity contribution in [3.8, 4) is 0 Å². The average Bonchev–Trinajstić information content (AvgIpc) is 3.01. The second-order valence-corrected chi connectivity index (χ2v) is 7.75. The summed E-state index contributed by atoms with van der Waals surface area (Å²) in [6, 6.07) is 6.69.